The van der Waals surface area contributed by atoms with Crippen LogP contribution in [0.15, 0.2) is 46.9 Å². The number of aliphatic hydroxyl groups excluding tert-OH is 1. The van der Waals surface area contributed by atoms with Crippen molar-refractivity contribution in [2.75, 3.05) is 13.7 Å². The number of aliphatic hydroxyl groups is 1. The third-order valence-electron chi connectivity index (χ3n) is 3.48. The lowest BCUT2D eigenvalue weighted by Crippen LogP contribution is -2.14. The molecule has 0 fully saturated rings. The first kappa shape index (κ1) is 16.0. The molecule has 0 aliphatic rings. The third kappa shape index (κ3) is 4.29. The number of ether oxygens (including phenoxy) is 1. The number of para-hydroxylation sites is 1. The van der Waals surface area contributed by atoms with Crippen LogP contribution in [0.3, 0.4) is 0 Å². The molecule has 1 unspecified atom stereocenters. The fourth-order valence-electron chi connectivity index (χ4n) is 2.39. The number of halogens is 2. The third-order valence-corrected chi connectivity index (χ3v) is 4.25. The second-order valence-corrected chi connectivity index (χ2v) is 5.86. The van der Waals surface area contributed by atoms with Crippen molar-refractivity contribution in [2.45, 2.75) is 12.8 Å². The summed E-state index contributed by atoms with van der Waals surface area (Å²) in [5.41, 5.74) is 1.91. The molecular formula is C17H18BrFO2. The van der Waals surface area contributed by atoms with E-state index in [1.165, 1.54) is 12.1 Å². The minimum absolute atomic E-state index is 0.0133. The molecule has 0 bridgehead atoms. The lowest BCUT2D eigenvalue weighted by Gasteiger charge is -2.17. The molecule has 2 aromatic rings. The highest BCUT2D eigenvalue weighted by Crippen LogP contribution is 2.25. The summed E-state index contributed by atoms with van der Waals surface area (Å²) in [6, 6.07) is 12.4. The van der Waals surface area contributed by atoms with Gasteiger partial charge in [-0.15, -0.1) is 0 Å². The van der Waals surface area contributed by atoms with Gasteiger partial charge in [0.15, 0.2) is 0 Å². The number of benzene rings is 2. The topological polar surface area (TPSA) is 29.5 Å². The molecular weight excluding hydrogens is 335 g/mol. The summed E-state index contributed by atoms with van der Waals surface area (Å²) in [7, 11) is 1.63. The predicted molar refractivity (Wildman–Crippen MR) is 85.1 cm³/mol. The van der Waals surface area contributed by atoms with E-state index in [1.54, 1.807) is 13.2 Å². The molecule has 2 rings (SSSR count). The molecule has 0 amide bonds. The molecule has 0 radical (unpaired) electrons. The summed E-state index contributed by atoms with van der Waals surface area (Å²) in [4.78, 5) is 0. The molecule has 1 N–H and O–H groups in total. The minimum Gasteiger partial charge on any atom is -0.496 e. The van der Waals surface area contributed by atoms with Crippen molar-refractivity contribution in [1.82, 2.24) is 0 Å². The van der Waals surface area contributed by atoms with E-state index in [4.69, 9.17) is 4.74 Å². The number of rotatable bonds is 6. The van der Waals surface area contributed by atoms with Crippen LogP contribution in [0, 0.1) is 11.7 Å². The van der Waals surface area contributed by atoms with Gasteiger partial charge in [-0.2, -0.15) is 0 Å². The zero-order chi connectivity index (χ0) is 15.2. The molecule has 2 aromatic carbocycles. The van der Waals surface area contributed by atoms with Gasteiger partial charge in [-0.3, -0.25) is 0 Å². The van der Waals surface area contributed by atoms with Crippen molar-refractivity contribution in [3.8, 4) is 5.75 Å². The maximum Gasteiger partial charge on any atom is 0.123 e. The molecule has 4 heteroatoms. The van der Waals surface area contributed by atoms with Crippen LogP contribution >= 0.6 is 15.9 Å². The molecule has 0 aliphatic carbocycles. The van der Waals surface area contributed by atoms with E-state index in [-0.39, 0.29) is 18.3 Å². The van der Waals surface area contributed by atoms with E-state index in [9.17, 15) is 9.50 Å². The average Bonchev–Trinajstić information content (AvgIpc) is 2.50. The van der Waals surface area contributed by atoms with Crippen molar-refractivity contribution in [3.05, 3.63) is 63.9 Å². The number of hydrogen-bond acceptors (Lipinski definition) is 2. The van der Waals surface area contributed by atoms with Gasteiger partial charge in [0.25, 0.3) is 0 Å². The Morgan fingerprint density at radius 3 is 2.57 bits per heavy atom. The zero-order valence-electron chi connectivity index (χ0n) is 11.9. The van der Waals surface area contributed by atoms with Gasteiger partial charge >= 0.3 is 0 Å². The lowest BCUT2D eigenvalue weighted by molar-refractivity contribution is 0.224. The van der Waals surface area contributed by atoms with Crippen LogP contribution in [-0.2, 0) is 12.8 Å². The highest BCUT2D eigenvalue weighted by Gasteiger charge is 2.14. The Kier molecular flexibility index (Phi) is 5.76. The van der Waals surface area contributed by atoms with Crippen LogP contribution in [0.5, 0.6) is 5.75 Å². The van der Waals surface area contributed by atoms with Crippen LogP contribution in [0.1, 0.15) is 11.1 Å². The maximum atomic E-state index is 13.3. The van der Waals surface area contributed by atoms with Gasteiger partial charge in [-0.05, 0) is 54.2 Å². The lowest BCUT2D eigenvalue weighted by atomic mass is 9.93. The molecule has 1 atom stereocenters. The Balaban J connectivity index is 2.15. The van der Waals surface area contributed by atoms with E-state index < -0.39 is 0 Å². The molecule has 0 heterocycles. The van der Waals surface area contributed by atoms with Gasteiger partial charge in [0.2, 0.25) is 0 Å². The quantitative estimate of drug-likeness (QED) is 0.851. The first-order valence-corrected chi connectivity index (χ1v) is 7.60. The molecule has 2 nitrogen and oxygen atoms in total. The fraction of sp³-hybridized carbons (Fsp3) is 0.294. The van der Waals surface area contributed by atoms with E-state index in [1.807, 2.05) is 24.3 Å². The highest BCUT2D eigenvalue weighted by atomic mass is 79.9. The SMILES string of the molecule is COc1ccccc1CC(CO)Cc1cc(F)ccc1Br. The van der Waals surface area contributed by atoms with E-state index in [0.29, 0.717) is 12.8 Å². The molecule has 0 aliphatic heterocycles. The second kappa shape index (κ2) is 7.57. The minimum atomic E-state index is -0.262. The molecule has 112 valence electrons. The summed E-state index contributed by atoms with van der Waals surface area (Å²) in [6.07, 6.45) is 1.29. The van der Waals surface area contributed by atoms with Gasteiger partial charge in [-0.25, -0.2) is 4.39 Å². The Morgan fingerprint density at radius 1 is 1.14 bits per heavy atom. The Morgan fingerprint density at radius 2 is 1.86 bits per heavy atom. The number of methoxy groups -OCH3 is 1. The molecule has 0 saturated carbocycles. The van der Waals surface area contributed by atoms with Crippen LogP contribution in [0.2, 0.25) is 0 Å². The zero-order valence-corrected chi connectivity index (χ0v) is 13.4. The Hall–Kier alpha value is -1.39. The molecule has 0 saturated heterocycles. The summed E-state index contributed by atoms with van der Waals surface area (Å²) < 4.78 is 19.5. The first-order chi connectivity index (χ1) is 10.1. The van der Waals surface area contributed by atoms with Crippen molar-refractivity contribution in [1.29, 1.82) is 0 Å². The van der Waals surface area contributed by atoms with E-state index in [0.717, 1.165) is 21.3 Å². The van der Waals surface area contributed by atoms with Gasteiger partial charge in [-0.1, -0.05) is 34.1 Å². The Labute approximate surface area is 132 Å². The van der Waals surface area contributed by atoms with Gasteiger partial charge in [0.1, 0.15) is 11.6 Å². The van der Waals surface area contributed by atoms with Crippen molar-refractivity contribution in [3.63, 3.8) is 0 Å². The van der Waals surface area contributed by atoms with Gasteiger partial charge < -0.3 is 9.84 Å². The maximum absolute atomic E-state index is 13.3. The van der Waals surface area contributed by atoms with Crippen LogP contribution in [-0.4, -0.2) is 18.8 Å². The Bertz CT molecular complexity index is 601. The monoisotopic (exact) mass is 352 g/mol. The largest absolute Gasteiger partial charge is 0.496 e. The van der Waals surface area contributed by atoms with E-state index >= 15 is 0 Å². The predicted octanol–water partition coefficient (Wildman–Crippen LogP) is 3.99. The fourth-order valence-corrected chi connectivity index (χ4v) is 2.80. The van der Waals surface area contributed by atoms with Crippen LogP contribution in [0.4, 0.5) is 4.39 Å². The average molecular weight is 353 g/mol. The van der Waals surface area contributed by atoms with Crippen molar-refractivity contribution >= 4 is 15.9 Å². The van der Waals surface area contributed by atoms with Crippen LogP contribution in [0.25, 0.3) is 0 Å². The highest BCUT2D eigenvalue weighted by molar-refractivity contribution is 9.10. The summed E-state index contributed by atoms with van der Waals surface area (Å²) in [6.45, 7) is 0.0427. The van der Waals surface area contributed by atoms with E-state index in [2.05, 4.69) is 15.9 Å². The summed E-state index contributed by atoms with van der Waals surface area (Å²) in [5.74, 6) is 0.566. The second-order valence-electron chi connectivity index (χ2n) is 5.00. The molecule has 0 aromatic heterocycles. The normalized spacial score (nSPS) is 12.2. The molecule has 21 heavy (non-hydrogen) atoms. The standard InChI is InChI=1S/C17H18BrFO2/c1-21-17-5-3-2-4-13(17)8-12(11-20)9-14-10-15(19)6-7-16(14)18/h2-7,10,12,20H,8-9,11H2,1H3. The molecule has 0 spiro atoms. The summed E-state index contributed by atoms with van der Waals surface area (Å²) >= 11 is 3.43. The smallest absolute Gasteiger partial charge is 0.123 e. The van der Waals surface area contributed by atoms with Crippen molar-refractivity contribution < 1.29 is 14.2 Å². The first-order valence-electron chi connectivity index (χ1n) is 6.80. The van der Waals surface area contributed by atoms with Crippen molar-refractivity contribution in [2.24, 2.45) is 5.92 Å². The van der Waals surface area contributed by atoms with Crippen LogP contribution < -0.4 is 4.74 Å². The van der Waals surface area contributed by atoms with Gasteiger partial charge in [0, 0.05) is 11.1 Å². The number of hydrogen-bond donors (Lipinski definition) is 1. The summed E-state index contributed by atoms with van der Waals surface area (Å²) in [5, 5.41) is 9.62. The van der Waals surface area contributed by atoms with Gasteiger partial charge in [0.05, 0.1) is 7.11 Å².